The van der Waals surface area contributed by atoms with Crippen molar-refractivity contribution in [3.8, 4) is 0 Å². The molecule has 1 saturated heterocycles. The van der Waals surface area contributed by atoms with Crippen molar-refractivity contribution in [1.82, 2.24) is 30.0 Å². The second-order valence-electron chi connectivity index (χ2n) is 6.68. The summed E-state index contributed by atoms with van der Waals surface area (Å²) >= 11 is 6.24. The van der Waals surface area contributed by atoms with Gasteiger partial charge in [0.2, 0.25) is 11.8 Å². The van der Waals surface area contributed by atoms with E-state index in [4.69, 9.17) is 11.6 Å². The van der Waals surface area contributed by atoms with E-state index in [9.17, 15) is 9.59 Å². The Morgan fingerprint density at radius 3 is 2.54 bits per heavy atom. The molecule has 2 fully saturated rings. The predicted molar refractivity (Wildman–Crippen MR) is 93.3 cm³/mol. The zero-order chi connectivity index (χ0) is 18.1. The van der Waals surface area contributed by atoms with E-state index in [1.807, 2.05) is 29.2 Å². The molecule has 8 nitrogen and oxygen atoms in total. The average Bonchev–Trinajstić information content (AvgIpc) is 3.29. The third-order valence-electron chi connectivity index (χ3n) is 5.05. The van der Waals surface area contributed by atoms with Gasteiger partial charge in [0, 0.05) is 37.1 Å². The number of halogens is 1. The molecule has 136 valence electrons. The van der Waals surface area contributed by atoms with Crippen LogP contribution in [0.25, 0.3) is 0 Å². The van der Waals surface area contributed by atoms with Crippen molar-refractivity contribution in [3.63, 3.8) is 0 Å². The third kappa shape index (κ3) is 3.41. The maximum absolute atomic E-state index is 12.7. The number of hydrogen-bond acceptors (Lipinski definition) is 5. The molecule has 1 aromatic carbocycles. The second-order valence-corrected chi connectivity index (χ2v) is 7.09. The van der Waals surface area contributed by atoms with Crippen molar-refractivity contribution < 1.29 is 9.59 Å². The van der Waals surface area contributed by atoms with Crippen LogP contribution in [0.1, 0.15) is 17.9 Å². The molecule has 1 aromatic heterocycles. The highest BCUT2D eigenvalue weighted by molar-refractivity contribution is 6.31. The lowest BCUT2D eigenvalue weighted by Crippen LogP contribution is -2.51. The first-order chi connectivity index (χ1) is 12.6. The molecule has 2 aromatic rings. The number of tetrazole rings is 1. The van der Waals surface area contributed by atoms with Crippen LogP contribution in [0.2, 0.25) is 5.02 Å². The van der Waals surface area contributed by atoms with E-state index >= 15 is 0 Å². The van der Waals surface area contributed by atoms with Gasteiger partial charge in [0.15, 0.2) is 0 Å². The first-order valence-corrected chi connectivity index (χ1v) is 9.03. The zero-order valence-corrected chi connectivity index (χ0v) is 14.9. The molecule has 1 aliphatic heterocycles. The number of aromatic nitrogens is 4. The molecule has 2 aliphatic rings. The lowest BCUT2D eigenvalue weighted by atomic mass is 10.1. The van der Waals surface area contributed by atoms with Crippen molar-refractivity contribution >= 4 is 23.4 Å². The number of amides is 2. The molecule has 0 radical (unpaired) electrons. The summed E-state index contributed by atoms with van der Waals surface area (Å²) in [6, 6.07) is 7.72. The molecule has 4 rings (SSSR count). The van der Waals surface area contributed by atoms with E-state index in [2.05, 4.69) is 15.5 Å². The molecule has 2 heterocycles. The Morgan fingerprint density at radius 2 is 1.85 bits per heavy atom. The lowest BCUT2D eigenvalue weighted by molar-refractivity contribution is -0.140. The molecular weight excluding hydrogens is 356 g/mol. The number of carbonyl (C=O) groups excluding carboxylic acids is 2. The molecule has 1 aliphatic carbocycles. The Kier molecular flexibility index (Phi) is 4.58. The van der Waals surface area contributed by atoms with Crippen LogP contribution < -0.4 is 0 Å². The van der Waals surface area contributed by atoms with Gasteiger partial charge < -0.3 is 9.80 Å². The minimum absolute atomic E-state index is 0.0124. The highest BCUT2D eigenvalue weighted by Gasteiger charge is 2.46. The molecule has 2 amide bonds. The van der Waals surface area contributed by atoms with Gasteiger partial charge in [-0.15, -0.1) is 5.10 Å². The first-order valence-electron chi connectivity index (χ1n) is 8.65. The summed E-state index contributed by atoms with van der Waals surface area (Å²) in [6.07, 6.45) is 2.26. The van der Waals surface area contributed by atoms with E-state index in [1.165, 1.54) is 11.0 Å². The van der Waals surface area contributed by atoms with E-state index in [1.54, 1.807) is 4.90 Å². The molecule has 2 unspecified atom stereocenters. The minimum Gasteiger partial charge on any atom is -0.339 e. The predicted octanol–water partition coefficient (Wildman–Crippen LogP) is 0.801. The Hall–Kier alpha value is -2.48. The highest BCUT2D eigenvalue weighted by atomic mass is 35.5. The van der Waals surface area contributed by atoms with Gasteiger partial charge in [-0.25, -0.2) is 4.68 Å². The first kappa shape index (κ1) is 17.0. The number of hydrogen-bond donors (Lipinski definition) is 0. The van der Waals surface area contributed by atoms with Crippen molar-refractivity contribution in [1.29, 1.82) is 0 Å². The maximum Gasteiger partial charge on any atom is 0.244 e. The van der Waals surface area contributed by atoms with Gasteiger partial charge in [0.25, 0.3) is 0 Å². The summed E-state index contributed by atoms with van der Waals surface area (Å²) < 4.78 is 1.40. The molecule has 0 N–H and O–H groups in total. The Balaban J connectivity index is 1.29. The van der Waals surface area contributed by atoms with Crippen LogP contribution in [0.4, 0.5) is 0 Å². The van der Waals surface area contributed by atoms with Crippen LogP contribution in [0.3, 0.4) is 0 Å². The summed E-state index contributed by atoms with van der Waals surface area (Å²) in [7, 11) is 0. The zero-order valence-electron chi connectivity index (χ0n) is 14.2. The Morgan fingerprint density at radius 1 is 1.12 bits per heavy atom. The van der Waals surface area contributed by atoms with Crippen molar-refractivity contribution in [2.45, 2.75) is 18.9 Å². The van der Waals surface area contributed by atoms with Crippen LogP contribution in [-0.2, 0) is 16.1 Å². The highest BCUT2D eigenvalue weighted by Crippen LogP contribution is 2.50. The summed E-state index contributed by atoms with van der Waals surface area (Å²) in [5.41, 5.74) is 1.06. The summed E-state index contributed by atoms with van der Waals surface area (Å²) in [5.74, 6) is 0.362. The molecule has 9 heteroatoms. The van der Waals surface area contributed by atoms with Crippen molar-refractivity contribution in [3.05, 3.63) is 41.2 Å². The van der Waals surface area contributed by atoms with Gasteiger partial charge in [-0.05, 0) is 34.4 Å². The monoisotopic (exact) mass is 374 g/mol. The van der Waals surface area contributed by atoms with Crippen LogP contribution >= 0.6 is 11.6 Å². The number of nitrogens with zero attached hydrogens (tertiary/aromatic N) is 6. The lowest BCUT2D eigenvalue weighted by Gasteiger charge is -2.35. The summed E-state index contributed by atoms with van der Waals surface area (Å²) in [6.45, 7) is 2.32. The summed E-state index contributed by atoms with van der Waals surface area (Å²) in [4.78, 5) is 28.6. The fourth-order valence-corrected chi connectivity index (χ4v) is 3.77. The fourth-order valence-electron chi connectivity index (χ4n) is 3.49. The number of carbonyl (C=O) groups is 2. The topological polar surface area (TPSA) is 84.2 Å². The normalized spacial score (nSPS) is 22.3. The Labute approximate surface area is 155 Å². The number of rotatable bonds is 4. The van der Waals surface area contributed by atoms with Crippen LogP contribution in [0.15, 0.2) is 30.6 Å². The molecule has 2 atom stereocenters. The maximum atomic E-state index is 12.7. The fraction of sp³-hybridized carbons (Fsp3) is 0.471. The van der Waals surface area contributed by atoms with Crippen LogP contribution in [-0.4, -0.2) is 68.0 Å². The molecule has 1 saturated carbocycles. The molecule has 0 bridgehead atoms. The van der Waals surface area contributed by atoms with Crippen molar-refractivity contribution in [2.24, 2.45) is 5.92 Å². The van der Waals surface area contributed by atoms with Crippen LogP contribution in [0.5, 0.6) is 0 Å². The molecular formula is C17H19ClN6O2. The quantitative estimate of drug-likeness (QED) is 0.790. The standard InChI is InChI=1S/C17H19ClN6O2/c18-15-4-2-1-3-12(15)13-9-14(13)17(26)23-7-5-22(6-8-23)16(25)10-24-11-19-20-21-24/h1-4,11,13-14H,5-10H2. The van der Waals surface area contributed by atoms with E-state index in [-0.39, 0.29) is 30.2 Å². The third-order valence-corrected chi connectivity index (χ3v) is 5.39. The van der Waals surface area contributed by atoms with Crippen molar-refractivity contribution in [2.75, 3.05) is 26.2 Å². The van der Waals surface area contributed by atoms with Crippen LogP contribution in [0, 0.1) is 5.92 Å². The van der Waals surface area contributed by atoms with Gasteiger partial charge in [0.05, 0.1) is 0 Å². The van der Waals surface area contributed by atoms with E-state index < -0.39 is 0 Å². The van der Waals surface area contributed by atoms with E-state index in [0.717, 1.165) is 17.0 Å². The van der Waals surface area contributed by atoms with Gasteiger partial charge in [-0.2, -0.15) is 0 Å². The largest absolute Gasteiger partial charge is 0.339 e. The average molecular weight is 375 g/mol. The van der Waals surface area contributed by atoms with Gasteiger partial charge >= 0.3 is 0 Å². The second kappa shape index (κ2) is 7.03. The molecule has 0 spiro atoms. The van der Waals surface area contributed by atoms with Gasteiger partial charge in [-0.1, -0.05) is 29.8 Å². The smallest absolute Gasteiger partial charge is 0.244 e. The number of piperazine rings is 1. The SMILES string of the molecule is O=C(Cn1cnnn1)N1CCN(C(=O)C2CC2c2ccccc2Cl)CC1. The molecule has 26 heavy (non-hydrogen) atoms. The number of benzene rings is 1. The van der Waals surface area contributed by atoms with Gasteiger partial charge in [0.1, 0.15) is 12.9 Å². The van der Waals surface area contributed by atoms with Gasteiger partial charge in [-0.3, -0.25) is 9.59 Å². The Bertz CT molecular complexity index is 803. The summed E-state index contributed by atoms with van der Waals surface area (Å²) in [5, 5.41) is 11.5. The minimum atomic E-state index is -0.0373. The van der Waals surface area contributed by atoms with E-state index in [0.29, 0.717) is 26.2 Å².